The SMILES string of the molecule is NC(=O)c1ccc(Nc2cn[nH]n2)cc1. The summed E-state index contributed by atoms with van der Waals surface area (Å²) in [5, 5.41) is 13.0. The van der Waals surface area contributed by atoms with Gasteiger partial charge in [-0.15, -0.1) is 5.10 Å². The van der Waals surface area contributed by atoms with Crippen LogP contribution >= 0.6 is 0 Å². The summed E-state index contributed by atoms with van der Waals surface area (Å²) < 4.78 is 0. The normalized spacial score (nSPS) is 9.87. The van der Waals surface area contributed by atoms with Gasteiger partial charge in [0.1, 0.15) is 0 Å². The van der Waals surface area contributed by atoms with Crippen molar-refractivity contribution in [2.75, 3.05) is 5.32 Å². The Morgan fingerprint density at radius 3 is 2.60 bits per heavy atom. The largest absolute Gasteiger partial charge is 0.366 e. The molecule has 6 nitrogen and oxygen atoms in total. The number of H-pyrrole nitrogens is 1. The molecule has 15 heavy (non-hydrogen) atoms. The number of aromatic amines is 1. The van der Waals surface area contributed by atoms with Crippen molar-refractivity contribution >= 4 is 17.4 Å². The number of nitrogens with one attached hydrogen (secondary N) is 2. The summed E-state index contributed by atoms with van der Waals surface area (Å²) in [4.78, 5) is 10.8. The molecule has 2 rings (SSSR count). The van der Waals surface area contributed by atoms with Crippen LogP contribution in [0.3, 0.4) is 0 Å². The molecule has 76 valence electrons. The van der Waals surface area contributed by atoms with E-state index >= 15 is 0 Å². The number of primary amides is 1. The zero-order chi connectivity index (χ0) is 10.7. The molecule has 1 aromatic heterocycles. The molecule has 0 spiro atoms. The molecule has 0 fully saturated rings. The first-order valence-electron chi connectivity index (χ1n) is 4.28. The van der Waals surface area contributed by atoms with E-state index in [0.717, 1.165) is 5.69 Å². The minimum Gasteiger partial charge on any atom is -0.366 e. The molecule has 0 saturated heterocycles. The third kappa shape index (κ3) is 2.11. The Kier molecular flexibility index (Phi) is 2.32. The molecular weight excluding hydrogens is 194 g/mol. The first-order valence-corrected chi connectivity index (χ1v) is 4.28. The fourth-order valence-electron chi connectivity index (χ4n) is 1.13. The van der Waals surface area contributed by atoms with E-state index in [9.17, 15) is 4.79 Å². The van der Waals surface area contributed by atoms with Crippen molar-refractivity contribution in [1.29, 1.82) is 0 Å². The van der Waals surface area contributed by atoms with Crippen LogP contribution in [0.5, 0.6) is 0 Å². The van der Waals surface area contributed by atoms with E-state index in [4.69, 9.17) is 5.73 Å². The number of nitrogens with zero attached hydrogens (tertiary/aromatic N) is 2. The van der Waals surface area contributed by atoms with E-state index in [0.29, 0.717) is 11.4 Å². The van der Waals surface area contributed by atoms with Gasteiger partial charge in [0.25, 0.3) is 0 Å². The van der Waals surface area contributed by atoms with Crippen LogP contribution in [0.1, 0.15) is 10.4 Å². The highest BCUT2D eigenvalue weighted by Gasteiger charge is 2.00. The Hall–Kier alpha value is -2.37. The zero-order valence-electron chi connectivity index (χ0n) is 7.77. The lowest BCUT2D eigenvalue weighted by Crippen LogP contribution is -2.10. The van der Waals surface area contributed by atoms with Crippen LogP contribution < -0.4 is 11.1 Å². The lowest BCUT2D eigenvalue weighted by Gasteiger charge is -2.02. The number of amides is 1. The van der Waals surface area contributed by atoms with Crippen LogP contribution in [-0.4, -0.2) is 21.3 Å². The van der Waals surface area contributed by atoms with Gasteiger partial charge in [-0.1, -0.05) is 0 Å². The molecule has 0 unspecified atom stereocenters. The first kappa shape index (κ1) is 9.20. The molecule has 1 amide bonds. The van der Waals surface area contributed by atoms with Gasteiger partial charge in [-0.2, -0.15) is 10.3 Å². The number of rotatable bonds is 3. The molecule has 0 aliphatic carbocycles. The summed E-state index contributed by atoms with van der Waals surface area (Å²) in [6.45, 7) is 0. The fraction of sp³-hybridized carbons (Fsp3) is 0. The van der Waals surface area contributed by atoms with E-state index in [-0.39, 0.29) is 0 Å². The summed E-state index contributed by atoms with van der Waals surface area (Å²) in [6, 6.07) is 6.78. The standard InChI is InChI=1S/C9H9N5O/c10-9(15)6-1-3-7(4-2-6)12-8-5-11-14-13-8/h1-5H,(H2,10,15)(H2,11,12,13,14). The van der Waals surface area contributed by atoms with Gasteiger partial charge in [-0.3, -0.25) is 4.79 Å². The van der Waals surface area contributed by atoms with Crippen LogP contribution in [-0.2, 0) is 0 Å². The summed E-state index contributed by atoms with van der Waals surface area (Å²) >= 11 is 0. The summed E-state index contributed by atoms with van der Waals surface area (Å²) in [5.74, 6) is 0.171. The summed E-state index contributed by atoms with van der Waals surface area (Å²) in [6.07, 6.45) is 1.56. The van der Waals surface area contributed by atoms with Gasteiger partial charge in [0, 0.05) is 11.3 Å². The number of benzene rings is 1. The molecule has 1 heterocycles. The third-order valence-corrected chi connectivity index (χ3v) is 1.86. The average Bonchev–Trinajstić information content (AvgIpc) is 2.71. The molecule has 0 bridgehead atoms. The van der Waals surface area contributed by atoms with Gasteiger partial charge in [-0.25, -0.2) is 0 Å². The van der Waals surface area contributed by atoms with Crippen LogP contribution in [0.4, 0.5) is 11.5 Å². The first-order chi connectivity index (χ1) is 7.25. The highest BCUT2D eigenvalue weighted by molar-refractivity contribution is 5.93. The van der Waals surface area contributed by atoms with E-state index in [2.05, 4.69) is 20.7 Å². The van der Waals surface area contributed by atoms with Crippen molar-refractivity contribution in [3.05, 3.63) is 36.0 Å². The second-order valence-electron chi connectivity index (χ2n) is 2.92. The van der Waals surface area contributed by atoms with Gasteiger partial charge in [-0.05, 0) is 24.3 Å². The van der Waals surface area contributed by atoms with Crippen molar-refractivity contribution in [3.8, 4) is 0 Å². The smallest absolute Gasteiger partial charge is 0.248 e. The van der Waals surface area contributed by atoms with Crippen LogP contribution in [0.2, 0.25) is 0 Å². The predicted molar refractivity (Wildman–Crippen MR) is 54.6 cm³/mol. The predicted octanol–water partition coefficient (Wildman–Crippen LogP) is 0.647. The van der Waals surface area contributed by atoms with Gasteiger partial charge < -0.3 is 11.1 Å². The topological polar surface area (TPSA) is 96.7 Å². The number of hydrogen-bond donors (Lipinski definition) is 3. The van der Waals surface area contributed by atoms with E-state index in [1.165, 1.54) is 0 Å². The van der Waals surface area contributed by atoms with Gasteiger partial charge in [0.2, 0.25) is 5.91 Å². The minimum absolute atomic E-state index is 0.442. The highest BCUT2D eigenvalue weighted by Crippen LogP contribution is 2.13. The maximum Gasteiger partial charge on any atom is 0.248 e. The monoisotopic (exact) mass is 203 g/mol. The Bertz CT molecular complexity index is 448. The molecule has 0 atom stereocenters. The van der Waals surface area contributed by atoms with Crippen LogP contribution in [0.15, 0.2) is 30.5 Å². The molecule has 6 heteroatoms. The van der Waals surface area contributed by atoms with E-state index in [1.54, 1.807) is 30.5 Å². The molecule has 0 aliphatic heterocycles. The molecule has 1 aromatic carbocycles. The number of carbonyl (C=O) groups excluding carboxylic acids is 1. The Labute approximate surface area is 85.5 Å². The molecule has 0 radical (unpaired) electrons. The fourth-order valence-corrected chi connectivity index (χ4v) is 1.13. The van der Waals surface area contributed by atoms with Crippen molar-refractivity contribution in [3.63, 3.8) is 0 Å². The maximum absolute atomic E-state index is 10.8. The third-order valence-electron chi connectivity index (χ3n) is 1.86. The second kappa shape index (κ2) is 3.79. The molecular formula is C9H9N5O. The lowest BCUT2D eigenvalue weighted by molar-refractivity contribution is 0.100. The zero-order valence-corrected chi connectivity index (χ0v) is 7.77. The maximum atomic E-state index is 10.8. The highest BCUT2D eigenvalue weighted by atomic mass is 16.1. The number of aromatic nitrogens is 3. The van der Waals surface area contributed by atoms with E-state index in [1.807, 2.05) is 0 Å². The average molecular weight is 203 g/mol. The van der Waals surface area contributed by atoms with Gasteiger partial charge >= 0.3 is 0 Å². The van der Waals surface area contributed by atoms with Crippen LogP contribution in [0.25, 0.3) is 0 Å². The molecule has 0 aliphatic rings. The number of carbonyl (C=O) groups is 1. The quantitative estimate of drug-likeness (QED) is 0.682. The molecule has 4 N–H and O–H groups in total. The Morgan fingerprint density at radius 2 is 2.07 bits per heavy atom. The summed E-state index contributed by atoms with van der Waals surface area (Å²) in [7, 11) is 0. The molecule has 0 saturated carbocycles. The second-order valence-corrected chi connectivity index (χ2v) is 2.92. The van der Waals surface area contributed by atoms with Gasteiger partial charge in [0.15, 0.2) is 5.82 Å². The van der Waals surface area contributed by atoms with E-state index < -0.39 is 5.91 Å². The number of nitrogens with two attached hydrogens (primary N) is 1. The Balaban J connectivity index is 2.14. The lowest BCUT2D eigenvalue weighted by atomic mass is 10.2. The minimum atomic E-state index is -0.442. The van der Waals surface area contributed by atoms with Crippen molar-refractivity contribution in [1.82, 2.24) is 15.4 Å². The Morgan fingerprint density at radius 1 is 1.33 bits per heavy atom. The van der Waals surface area contributed by atoms with Crippen LogP contribution in [0, 0.1) is 0 Å². The van der Waals surface area contributed by atoms with Crippen molar-refractivity contribution in [2.45, 2.75) is 0 Å². The number of anilines is 2. The summed E-state index contributed by atoms with van der Waals surface area (Å²) in [5.41, 5.74) is 6.40. The molecule has 2 aromatic rings. The van der Waals surface area contributed by atoms with Gasteiger partial charge in [0.05, 0.1) is 6.20 Å². The van der Waals surface area contributed by atoms with Crippen molar-refractivity contribution < 1.29 is 4.79 Å². The van der Waals surface area contributed by atoms with Crippen molar-refractivity contribution in [2.24, 2.45) is 5.73 Å². The number of hydrogen-bond acceptors (Lipinski definition) is 4.